The molecule has 0 aromatic carbocycles. The largest absolute Gasteiger partial charge is 0.285 e. The first-order valence-corrected chi connectivity index (χ1v) is 6.79. The van der Waals surface area contributed by atoms with Gasteiger partial charge in [0, 0.05) is 0 Å². The van der Waals surface area contributed by atoms with Gasteiger partial charge in [0.15, 0.2) is 0 Å². The number of hydroxylamine groups is 4. The predicted octanol–water partition coefficient (Wildman–Crippen LogP) is 1.44. The third-order valence-corrected chi connectivity index (χ3v) is 4.03. The average molecular weight is 272 g/mol. The van der Waals surface area contributed by atoms with Crippen molar-refractivity contribution in [1.82, 2.24) is 10.1 Å². The van der Waals surface area contributed by atoms with Crippen molar-refractivity contribution in [3.05, 3.63) is 0 Å². The van der Waals surface area contributed by atoms with E-state index in [0.717, 1.165) is 5.06 Å². The van der Waals surface area contributed by atoms with Crippen LogP contribution in [0, 0.1) is 11.8 Å². The van der Waals surface area contributed by atoms with Crippen molar-refractivity contribution in [3.8, 4) is 0 Å². The van der Waals surface area contributed by atoms with Crippen LogP contribution in [0.25, 0.3) is 0 Å². The number of nitrogens with zero attached hydrogens (tertiary/aromatic N) is 2. The van der Waals surface area contributed by atoms with Crippen LogP contribution in [-0.4, -0.2) is 46.3 Å². The lowest BCUT2D eigenvalue weighted by Gasteiger charge is -2.44. The minimum atomic E-state index is -0.863. The molecule has 19 heavy (non-hydrogen) atoms. The van der Waals surface area contributed by atoms with Gasteiger partial charge in [0.1, 0.15) is 12.1 Å². The van der Waals surface area contributed by atoms with Crippen molar-refractivity contribution < 1.29 is 19.6 Å². The maximum atomic E-state index is 12.4. The number of hydrogen-bond donors (Lipinski definition) is 1. The Bertz CT molecular complexity index is 348. The summed E-state index contributed by atoms with van der Waals surface area (Å²) in [5.41, 5.74) is 0. The zero-order valence-corrected chi connectivity index (χ0v) is 12.3. The van der Waals surface area contributed by atoms with Gasteiger partial charge in [-0.05, 0) is 11.8 Å². The molecule has 0 bridgehead atoms. The Hall–Kier alpha value is -1.14. The van der Waals surface area contributed by atoms with Crippen LogP contribution in [-0.2, 0) is 14.4 Å². The summed E-state index contributed by atoms with van der Waals surface area (Å²) < 4.78 is 0. The fraction of sp³-hybridized carbons (Fsp3) is 0.846. The van der Waals surface area contributed by atoms with E-state index in [0.29, 0.717) is 17.9 Å². The average Bonchev–Trinajstić information content (AvgIpc) is 2.41. The lowest BCUT2D eigenvalue weighted by atomic mass is 9.90. The van der Waals surface area contributed by atoms with E-state index in [1.165, 1.54) is 7.11 Å². The molecule has 1 N–H and O–H groups in total. The molecular weight excluding hydrogens is 248 g/mol. The number of hydrogen-bond acceptors (Lipinski definition) is 4. The van der Waals surface area contributed by atoms with Gasteiger partial charge in [-0.15, -0.1) is 0 Å². The lowest BCUT2D eigenvalue weighted by Crippen LogP contribution is -2.66. The highest BCUT2D eigenvalue weighted by Crippen LogP contribution is 2.28. The summed E-state index contributed by atoms with van der Waals surface area (Å²) in [7, 11) is 1.38. The minimum absolute atomic E-state index is 0.0797. The van der Waals surface area contributed by atoms with Crippen molar-refractivity contribution in [2.45, 2.75) is 52.6 Å². The van der Waals surface area contributed by atoms with Gasteiger partial charge in [-0.1, -0.05) is 40.5 Å². The third-order valence-electron chi connectivity index (χ3n) is 4.03. The van der Waals surface area contributed by atoms with Crippen LogP contribution in [0.5, 0.6) is 0 Å². The zero-order valence-electron chi connectivity index (χ0n) is 12.3. The molecule has 0 saturated carbocycles. The van der Waals surface area contributed by atoms with E-state index in [-0.39, 0.29) is 17.7 Å². The molecule has 2 unspecified atom stereocenters. The van der Waals surface area contributed by atoms with E-state index in [1.54, 1.807) is 0 Å². The highest BCUT2D eigenvalue weighted by molar-refractivity contribution is 5.95. The van der Waals surface area contributed by atoms with Gasteiger partial charge >= 0.3 is 0 Å². The van der Waals surface area contributed by atoms with Crippen molar-refractivity contribution in [3.63, 3.8) is 0 Å². The SMILES string of the molecule is CC[C@H](C)C1C(=O)N(OC)C([C@@H](C)CC)C(=O)N1O. The normalized spacial score (nSPS) is 27.7. The second-order valence-corrected chi connectivity index (χ2v) is 5.19. The van der Waals surface area contributed by atoms with Gasteiger partial charge in [0.25, 0.3) is 11.8 Å². The summed E-state index contributed by atoms with van der Waals surface area (Å²) in [6, 6.07) is -1.62. The summed E-state index contributed by atoms with van der Waals surface area (Å²) >= 11 is 0. The van der Waals surface area contributed by atoms with Crippen LogP contribution in [0.3, 0.4) is 0 Å². The zero-order chi connectivity index (χ0) is 14.7. The molecule has 1 aliphatic rings. The number of rotatable bonds is 5. The van der Waals surface area contributed by atoms with Crippen LogP contribution in [0.15, 0.2) is 0 Å². The molecule has 6 nitrogen and oxygen atoms in total. The molecule has 0 aromatic rings. The number of carbonyl (C=O) groups excluding carboxylic acids is 2. The molecule has 0 aromatic heterocycles. The van der Waals surface area contributed by atoms with Crippen LogP contribution >= 0.6 is 0 Å². The smallest absolute Gasteiger partial charge is 0.272 e. The number of carbonyl (C=O) groups is 2. The summed E-state index contributed by atoms with van der Waals surface area (Å²) in [4.78, 5) is 29.8. The van der Waals surface area contributed by atoms with Gasteiger partial charge < -0.3 is 0 Å². The molecule has 1 fully saturated rings. The Morgan fingerprint density at radius 1 is 1.11 bits per heavy atom. The summed E-state index contributed by atoms with van der Waals surface area (Å²) in [5, 5.41) is 11.7. The molecule has 2 amide bonds. The van der Waals surface area contributed by atoms with Crippen LogP contribution < -0.4 is 0 Å². The molecule has 1 heterocycles. The highest BCUT2D eigenvalue weighted by atomic mass is 16.7. The van der Waals surface area contributed by atoms with Crippen LogP contribution in [0.1, 0.15) is 40.5 Å². The molecule has 1 aliphatic heterocycles. The number of piperazine rings is 1. The van der Waals surface area contributed by atoms with Gasteiger partial charge in [0.05, 0.1) is 7.11 Å². The van der Waals surface area contributed by atoms with Crippen molar-refractivity contribution >= 4 is 11.8 Å². The van der Waals surface area contributed by atoms with Gasteiger partial charge in [-0.2, -0.15) is 0 Å². The highest BCUT2D eigenvalue weighted by Gasteiger charge is 2.49. The quantitative estimate of drug-likeness (QED) is 0.769. The molecule has 4 atom stereocenters. The van der Waals surface area contributed by atoms with Crippen molar-refractivity contribution in [2.75, 3.05) is 7.11 Å². The fourth-order valence-electron chi connectivity index (χ4n) is 2.35. The molecule has 1 saturated heterocycles. The minimum Gasteiger partial charge on any atom is -0.285 e. The maximum Gasteiger partial charge on any atom is 0.272 e. The van der Waals surface area contributed by atoms with Gasteiger partial charge in [0.2, 0.25) is 0 Å². The maximum absolute atomic E-state index is 12.4. The van der Waals surface area contributed by atoms with E-state index in [4.69, 9.17) is 4.84 Å². The van der Waals surface area contributed by atoms with Crippen LogP contribution in [0.4, 0.5) is 0 Å². The molecule has 0 spiro atoms. The third kappa shape index (κ3) is 2.74. The topological polar surface area (TPSA) is 70.1 Å². The Morgan fingerprint density at radius 3 is 2.00 bits per heavy atom. The summed E-state index contributed by atoms with van der Waals surface area (Å²) in [6.45, 7) is 7.53. The Kier molecular flexibility index (Phi) is 5.31. The molecule has 6 heteroatoms. The second-order valence-electron chi connectivity index (χ2n) is 5.19. The Morgan fingerprint density at radius 2 is 1.58 bits per heavy atom. The molecular formula is C13H24N2O4. The van der Waals surface area contributed by atoms with Gasteiger partial charge in [-0.3, -0.25) is 19.6 Å². The van der Waals surface area contributed by atoms with E-state index in [9.17, 15) is 14.8 Å². The summed E-state index contributed by atoms with van der Waals surface area (Å²) in [5.74, 6) is -1.04. The second kappa shape index (κ2) is 6.34. The first kappa shape index (κ1) is 15.9. The van der Waals surface area contributed by atoms with Crippen LogP contribution in [0.2, 0.25) is 0 Å². The lowest BCUT2D eigenvalue weighted by molar-refractivity contribution is -0.245. The standard InChI is InChI=1S/C13H24N2O4/c1-6-8(3)10-13(17)15(19-5)11(9(4)7-2)12(16)14(10)18/h8-11,18H,6-7H2,1-5H3/t8-,9-,10?,11?/m0/s1. The number of amides is 2. The van der Waals surface area contributed by atoms with Gasteiger partial charge in [-0.25, -0.2) is 10.1 Å². The van der Waals surface area contributed by atoms with Crippen molar-refractivity contribution in [1.29, 1.82) is 0 Å². The van der Waals surface area contributed by atoms with E-state index in [2.05, 4.69) is 0 Å². The summed E-state index contributed by atoms with van der Waals surface area (Å²) in [6.07, 6.45) is 1.40. The van der Waals surface area contributed by atoms with E-state index in [1.807, 2.05) is 27.7 Å². The Balaban J connectivity index is 3.11. The van der Waals surface area contributed by atoms with E-state index >= 15 is 0 Å². The Labute approximate surface area is 114 Å². The molecule has 110 valence electrons. The first-order valence-electron chi connectivity index (χ1n) is 6.79. The predicted molar refractivity (Wildman–Crippen MR) is 69.0 cm³/mol. The molecule has 1 rings (SSSR count). The first-order chi connectivity index (χ1) is 8.90. The molecule has 0 aliphatic carbocycles. The molecule has 0 radical (unpaired) electrons. The fourth-order valence-corrected chi connectivity index (χ4v) is 2.35. The monoisotopic (exact) mass is 272 g/mol. The van der Waals surface area contributed by atoms with E-state index < -0.39 is 18.0 Å². The van der Waals surface area contributed by atoms with Crippen molar-refractivity contribution in [2.24, 2.45) is 11.8 Å².